The molecule has 10 heteroatoms. The summed E-state index contributed by atoms with van der Waals surface area (Å²) in [7, 11) is 0. The smallest absolute Gasteiger partial charge is 0.318 e. The van der Waals surface area contributed by atoms with Crippen LogP contribution in [-0.4, -0.2) is 45.7 Å². The van der Waals surface area contributed by atoms with E-state index in [1.165, 1.54) is 17.0 Å². The van der Waals surface area contributed by atoms with Gasteiger partial charge in [0, 0.05) is 62.5 Å². The number of nitrogens with one attached hydrogen (secondary N) is 1. The minimum atomic E-state index is -2.72. The summed E-state index contributed by atoms with van der Waals surface area (Å²) in [5, 5.41) is 2.93. The molecule has 3 amide bonds. The average molecular weight is 637 g/mol. The maximum absolute atomic E-state index is 13.9. The van der Waals surface area contributed by atoms with Crippen LogP contribution in [-0.2, 0) is 19.6 Å². The lowest BCUT2D eigenvalue weighted by atomic mass is 9.93. The first-order valence-electron chi connectivity index (χ1n) is 15.4. The Kier molecular flexibility index (Phi) is 8.01. The molecule has 2 aliphatic rings. The van der Waals surface area contributed by atoms with Gasteiger partial charge in [0.15, 0.2) is 0 Å². The van der Waals surface area contributed by atoms with Crippen molar-refractivity contribution in [1.82, 2.24) is 20.1 Å². The van der Waals surface area contributed by atoms with Crippen LogP contribution in [0.1, 0.15) is 40.1 Å². The van der Waals surface area contributed by atoms with E-state index in [9.17, 15) is 22.8 Å². The zero-order chi connectivity index (χ0) is 32.5. The Morgan fingerprint density at radius 1 is 0.787 bits per heavy atom. The zero-order valence-electron chi connectivity index (χ0n) is 25.4. The van der Waals surface area contributed by atoms with E-state index in [0.717, 1.165) is 38.9 Å². The van der Waals surface area contributed by atoms with Gasteiger partial charge in [-0.3, -0.25) is 9.78 Å². The van der Waals surface area contributed by atoms with Crippen LogP contribution in [0, 0.1) is 5.82 Å². The predicted molar refractivity (Wildman–Crippen MR) is 171 cm³/mol. The molecule has 0 bridgehead atoms. The van der Waals surface area contributed by atoms with Crippen molar-refractivity contribution in [1.29, 1.82) is 0 Å². The first kappa shape index (κ1) is 30.3. The molecule has 1 saturated heterocycles. The highest BCUT2D eigenvalue weighted by Crippen LogP contribution is 2.37. The van der Waals surface area contributed by atoms with E-state index >= 15 is 0 Å². The third-order valence-corrected chi connectivity index (χ3v) is 8.78. The summed E-state index contributed by atoms with van der Waals surface area (Å²) in [5.41, 5.74) is 6.66. The van der Waals surface area contributed by atoms with Crippen LogP contribution in [0.2, 0.25) is 0 Å². The van der Waals surface area contributed by atoms with Crippen molar-refractivity contribution < 1.29 is 27.2 Å². The number of rotatable bonds is 6. The van der Waals surface area contributed by atoms with E-state index in [-0.39, 0.29) is 50.2 Å². The highest BCUT2D eigenvalue weighted by atomic mass is 19.3. The molecule has 2 aromatic heterocycles. The Morgan fingerprint density at radius 3 is 2.23 bits per heavy atom. The molecular formula is C37H31F3N4O3. The normalized spacial score (nSPS) is 15.4. The first-order chi connectivity index (χ1) is 22.7. The number of nitrogens with zero attached hydrogens (tertiary/aromatic N) is 3. The second kappa shape index (κ2) is 12.4. The summed E-state index contributed by atoms with van der Waals surface area (Å²) in [5.74, 6) is -2.16. The molecule has 238 valence electrons. The minimum Gasteiger partial charge on any atom is -0.459 e. The van der Waals surface area contributed by atoms with Gasteiger partial charge >= 0.3 is 6.03 Å². The molecule has 0 unspecified atom stereocenters. The third kappa shape index (κ3) is 6.49. The number of amides is 3. The van der Waals surface area contributed by atoms with Crippen molar-refractivity contribution in [2.24, 2.45) is 0 Å². The molecule has 7 nitrogen and oxygen atoms in total. The van der Waals surface area contributed by atoms with Crippen LogP contribution in [0.3, 0.4) is 0 Å². The van der Waals surface area contributed by atoms with E-state index in [2.05, 4.69) is 10.3 Å². The number of furan rings is 1. The quantitative estimate of drug-likeness (QED) is 0.206. The largest absolute Gasteiger partial charge is 0.459 e. The monoisotopic (exact) mass is 636 g/mol. The SMILES string of the molecule is O=C(NCc1ccc(-c2ccc(-c3ccc(C(=O)N4CCC(F)(F)CC4)cc3)cc2-c2ccc(F)cc2)o1)N1Cc2ccncc2C1. The summed E-state index contributed by atoms with van der Waals surface area (Å²) >= 11 is 0. The van der Waals surface area contributed by atoms with Crippen molar-refractivity contribution in [2.75, 3.05) is 13.1 Å². The minimum absolute atomic E-state index is 0.0299. The lowest BCUT2D eigenvalue weighted by Gasteiger charge is -2.31. The Labute approximate surface area is 269 Å². The maximum atomic E-state index is 13.9. The number of aromatic nitrogens is 1. The number of piperidine rings is 1. The third-order valence-electron chi connectivity index (χ3n) is 8.78. The second-order valence-corrected chi connectivity index (χ2v) is 11.9. The Balaban J connectivity index is 1.09. The summed E-state index contributed by atoms with van der Waals surface area (Å²) in [4.78, 5) is 33.1. The maximum Gasteiger partial charge on any atom is 0.318 e. The number of carbonyl (C=O) groups is 2. The van der Waals surface area contributed by atoms with Crippen LogP contribution in [0.15, 0.2) is 102 Å². The highest BCUT2D eigenvalue weighted by molar-refractivity contribution is 5.95. The van der Waals surface area contributed by atoms with Crippen LogP contribution < -0.4 is 5.32 Å². The standard InChI is InChI=1S/C37H31F3N4O3/c38-30-8-5-25(6-9-30)33-19-27(24-1-3-26(4-2-24)35(45)43-17-14-37(39,40)15-18-43)7-11-32(33)34-12-10-31(47-34)21-42-36(46)44-22-28-13-16-41-20-29(28)23-44/h1-13,16,19-20H,14-15,17-18,21-23H2,(H,42,46). The van der Waals surface area contributed by atoms with Gasteiger partial charge in [0.2, 0.25) is 0 Å². The van der Waals surface area contributed by atoms with Gasteiger partial charge in [-0.2, -0.15) is 0 Å². The van der Waals surface area contributed by atoms with Gasteiger partial charge in [0.05, 0.1) is 6.54 Å². The van der Waals surface area contributed by atoms with Crippen molar-refractivity contribution >= 4 is 11.9 Å². The number of urea groups is 1. The number of likely N-dealkylation sites (tertiary alicyclic amines) is 1. The molecule has 47 heavy (non-hydrogen) atoms. The van der Waals surface area contributed by atoms with Gasteiger partial charge in [-0.05, 0) is 88.0 Å². The number of carbonyl (C=O) groups excluding carboxylic acids is 2. The van der Waals surface area contributed by atoms with Gasteiger partial charge in [0.25, 0.3) is 11.8 Å². The van der Waals surface area contributed by atoms with Gasteiger partial charge in [-0.1, -0.05) is 30.3 Å². The lowest BCUT2D eigenvalue weighted by molar-refractivity contribution is -0.0494. The number of benzene rings is 3. The molecule has 5 aromatic rings. The van der Waals surface area contributed by atoms with Gasteiger partial charge in [0.1, 0.15) is 17.3 Å². The predicted octanol–water partition coefficient (Wildman–Crippen LogP) is 7.91. The Hall–Kier alpha value is -5.38. The van der Waals surface area contributed by atoms with Crippen LogP contribution in [0.4, 0.5) is 18.0 Å². The molecule has 0 spiro atoms. The number of halogens is 3. The van der Waals surface area contributed by atoms with Gasteiger partial charge in [-0.15, -0.1) is 0 Å². The number of fused-ring (bicyclic) bond motifs is 1. The van der Waals surface area contributed by atoms with Gasteiger partial charge < -0.3 is 19.5 Å². The molecule has 2 aliphatic heterocycles. The fraction of sp³-hybridized carbons (Fsp3) is 0.216. The molecule has 4 heterocycles. The number of hydrogen-bond donors (Lipinski definition) is 1. The molecule has 3 aromatic carbocycles. The van der Waals surface area contributed by atoms with Crippen molar-refractivity contribution in [3.63, 3.8) is 0 Å². The summed E-state index contributed by atoms with van der Waals surface area (Å²) in [6.45, 7) is 1.30. The Morgan fingerprint density at radius 2 is 1.49 bits per heavy atom. The molecule has 0 saturated carbocycles. The van der Waals surface area contributed by atoms with Crippen molar-refractivity contribution in [3.8, 4) is 33.6 Å². The van der Waals surface area contributed by atoms with Crippen LogP contribution >= 0.6 is 0 Å². The van der Waals surface area contributed by atoms with Crippen LogP contribution in [0.5, 0.6) is 0 Å². The Bertz CT molecular complexity index is 1900. The molecule has 1 N–H and O–H groups in total. The fourth-order valence-corrected chi connectivity index (χ4v) is 6.09. The molecule has 0 atom stereocenters. The first-order valence-corrected chi connectivity index (χ1v) is 15.4. The van der Waals surface area contributed by atoms with Gasteiger partial charge in [-0.25, -0.2) is 18.0 Å². The molecule has 0 radical (unpaired) electrons. The van der Waals surface area contributed by atoms with E-state index in [4.69, 9.17) is 4.42 Å². The topological polar surface area (TPSA) is 78.7 Å². The molecular weight excluding hydrogens is 605 g/mol. The van der Waals surface area contributed by atoms with E-state index in [0.29, 0.717) is 30.2 Å². The zero-order valence-corrected chi connectivity index (χ0v) is 25.4. The van der Waals surface area contributed by atoms with Crippen LogP contribution in [0.25, 0.3) is 33.6 Å². The summed E-state index contributed by atoms with van der Waals surface area (Å²) < 4.78 is 47.2. The lowest BCUT2D eigenvalue weighted by Crippen LogP contribution is -2.42. The van der Waals surface area contributed by atoms with E-state index in [1.54, 1.807) is 41.6 Å². The fourth-order valence-electron chi connectivity index (χ4n) is 6.09. The molecule has 7 rings (SSSR count). The number of hydrogen-bond acceptors (Lipinski definition) is 4. The van der Waals surface area contributed by atoms with E-state index in [1.807, 2.05) is 48.5 Å². The highest BCUT2D eigenvalue weighted by Gasteiger charge is 2.35. The van der Waals surface area contributed by atoms with E-state index < -0.39 is 5.92 Å². The second-order valence-electron chi connectivity index (χ2n) is 11.9. The number of alkyl halides is 2. The van der Waals surface area contributed by atoms with Crippen molar-refractivity contribution in [2.45, 2.75) is 38.4 Å². The van der Waals surface area contributed by atoms with Crippen molar-refractivity contribution in [3.05, 3.63) is 126 Å². The molecule has 0 aliphatic carbocycles. The average Bonchev–Trinajstić information content (AvgIpc) is 3.75. The summed E-state index contributed by atoms with van der Waals surface area (Å²) in [6, 6.07) is 24.5. The molecule has 1 fully saturated rings. The number of pyridine rings is 1. The summed E-state index contributed by atoms with van der Waals surface area (Å²) in [6.07, 6.45) is 2.85.